The van der Waals surface area contributed by atoms with Gasteiger partial charge in [0.2, 0.25) is 5.91 Å². The average Bonchev–Trinajstić information content (AvgIpc) is 1.81. The summed E-state index contributed by atoms with van der Waals surface area (Å²) in [6.07, 6.45) is 0.403. The van der Waals surface area contributed by atoms with E-state index < -0.39 is 28.1 Å². The van der Waals surface area contributed by atoms with Crippen molar-refractivity contribution in [3.8, 4) is 0 Å². The number of carbonyl (C=O) groups excluding carboxylic acids is 1. The Hall–Kier alpha value is -1.11. The molecule has 1 amide bonds. The highest BCUT2D eigenvalue weighted by Gasteiger charge is 2.07. The van der Waals surface area contributed by atoms with Crippen LogP contribution in [0.2, 0.25) is 0 Å². The number of carbonyl (C=O) groups is 2. The molecule has 0 fully saturated rings. The molecular formula is C6H11NO5S. The van der Waals surface area contributed by atoms with Crippen molar-refractivity contribution in [1.82, 2.24) is 5.32 Å². The maximum Gasteiger partial charge on any atom is 0.312 e. The van der Waals surface area contributed by atoms with Crippen LogP contribution in [0, 0.1) is 0 Å². The maximum absolute atomic E-state index is 10.7. The van der Waals surface area contributed by atoms with Crippen LogP contribution in [0.1, 0.15) is 6.42 Å². The highest BCUT2D eigenvalue weighted by atomic mass is 32.2. The molecule has 0 aromatic heterocycles. The van der Waals surface area contributed by atoms with E-state index in [1.807, 2.05) is 0 Å². The fraction of sp³-hybridized carbons (Fsp3) is 0.667. The zero-order valence-corrected chi connectivity index (χ0v) is 7.93. The molecule has 0 rings (SSSR count). The Labute approximate surface area is 75.9 Å². The van der Waals surface area contributed by atoms with Crippen molar-refractivity contribution < 1.29 is 23.1 Å². The minimum atomic E-state index is -3.11. The number of amides is 1. The lowest BCUT2D eigenvalue weighted by Gasteiger charge is -2.01. The smallest absolute Gasteiger partial charge is 0.312 e. The van der Waals surface area contributed by atoms with Crippen molar-refractivity contribution in [3.05, 3.63) is 0 Å². The predicted octanol–water partition coefficient (Wildman–Crippen LogP) is -1.38. The van der Waals surface area contributed by atoms with Gasteiger partial charge in [0.1, 0.15) is 16.3 Å². The van der Waals surface area contributed by atoms with Crippen LogP contribution in [-0.4, -0.2) is 44.0 Å². The van der Waals surface area contributed by atoms with Crippen molar-refractivity contribution >= 4 is 21.7 Å². The summed E-state index contributed by atoms with van der Waals surface area (Å²) in [4.78, 5) is 20.6. The Morgan fingerprint density at radius 2 is 1.92 bits per heavy atom. The van der Waals surface area contributed by atoms with Gasteiger partial charge in [-0.2, -0.15) is 0 Å². The van der Waals surface area contributed by atoms with Crippen LogP contribution in [0.25, 0.3) is 0 Å². The highest BCUT2D eigenvalue weighted by molar-refractivity contribution is 7.90. The van der Waals surface area contributed by atoms with Crippen molar-refractivity contribution in [2.45, 2.75) is 6.42 Å². The van der Waals surface area contributed by atoms with Gasteiger partial charge in [-0.1, -0.05) is 0 Å². The zero-order valence-electron chi connectivity index (χ0n) is 7.11. The molecule has 0 heterocycles. The minimum Gasteiger partial charge on any atom is -0.481 e. The Kier molecular flexibility index (Phi) is 4.39. The van der Waals surface area contributed by atoms with Gasteiger partial charge in [-0.05, 0) is 0 Å². The quantitative estimate of drug-likeness (QED) is 0.543. The molecule has 2 N–H and O–H groups in total. The molecule has 0 unspecified atom stereocenters. The molecular weight excluding hydrogens is 198 g/mol. The number of nitrogens with one attached hydrogen (secondary N) is 1. The molecule has 0 aromatic rings. The Morgan fingerprint density at radius 3 is 2.31 bits per heavy atom. The summed E-state index contributed by atoms with van der Waals surface area (Å²) >= 11 is 0. The first-order chi connectivity index (χ1) is 5.81. The molecule has 0 aliphatic carbocycles. The Morgan fingerprint density at radius 1 is 1.38 bits per heavy atom. The van der Waals surface area contributed by atoms with Gasteiger partial charge >= 0.3 is 5.97 Å². The van der Waals surface area contributed by atoms with Crippen molar-refractivity contribution in [1.29, 1.82) is 0 Å². The first kappa shape index (κ1) is 11.9. The largest absolute Gasteiger partial charge is 0.481 e. The Bertz CT molecular complexity index is 294. The standard InChI is InChI=1S/C6H11NO5S/c1-13(11,12)3-2-7-5(8)4-6(9)10/h2-4H2,1H3,(H,7,8)(H,9,10). The average molecular weight is 209 g/mol. The van der Waals surface area contributed by atoms with Crippen LogP contribution in [0.4, 0.5) is 0 Å². The van der Waals surface area contributed by atoms with E-state index in [2.05, 4.69) is 5.32 Å². The van der Waals surface area contributed by atoms with E-state index in [9.17, 15) is 18.0 Å². The maximum atomic E-state index is 10.7. The molecule has 0 aliphatic heterocycles. The van der Waals surface area contributed by atoms with Gasteiger partial charge in [-0.3, -0.25) is 9.59 Å². The number of carboxylic acids is 1. The van der Waals surface area contributed by atoms with Crippen molar-refractivity contribution in [3.63, 3.8) is 0 Å². The molecule has 0 saturated carbocycles. The van der Waals surface area contributed by atoms with Crippen LogP contribution in [0.5, 0.6) is 0 Å². The fourth-order valence-corrected chi connectivity index (χ4v) is 1.05. The van der Waals surface area contributed by atoms with Gasteiger partial charge in [0.05, 0.1) is 5.75 Å². The summed E-state index contributed by atoms with van der Waals surface area (Å²) in [5.41, 5.74) is 0. The lowest BCUT2D eigenvalue weighted by molar-refractivity contribution is -0.140. The topological polar surface area (TPSA) is 101 Å². The molecule has 0 spiro atoms. The lowest BCUT2D eigenvalue weighted by Crippen LogP contribution is -2.30. The summed E-state index contributed by atoms with van der Waals surface area (Å²) in [5, 5.41) is 10.3. The van der Waals surface area contributed by atoms with Gasteiger partial charge in [0.25, 0.3) is 0 Å². The fourth-order valence-electron chi connectivity index (χ4n) is 0.576. The van der Waals surface area contributed by atoms with E-state index in [0.717, 1.165) is 6.26 Å². The molecule has 0 aromatic carbocycles. The van der Waals surface area contributed by atoms with Crippen molar-refractivity contribution in [2.24, 2.45) is 0 Å². The molecule has 0 bridgehead atoms. The van der Waals surface area contributed by atoms with E-state index in [1.165, 1.54) is 0 Å². The predicted molar refractivity (Wildman–Crippen MR) is 45.0 cm³/mol. The van der Waals surface area contributed by atoms with Crippen LogP contribution >= 0.6 is 0 Å². The second-order valence-electron chi connectivity index (χ2n) is 2.55. The lowest BCUT2D eigenvalue weighted by atomic mass is 10.4. The molecule has 13 heavy (non-hydrogen) atoms. The summed E-state index contributed by atoms with van der Waals surface area (Å²) in [7, 11) is -3.11. The highest BCUT2D eigenvalue weighted by Crippen LogP contribution is 1.82. The van der Waals surface area contributed by atoms with Gasteiger partial charge in [-0.25, -0.2) is 8.42 Å². The van der Waals surface area contributed by atoms with Crippen molar-refractivity contribution in [2.75, 3.05) is 18.6 Å². The van der Waals surface area contributed by atoms with Crippen LogP contribution < -0.4 is 5.32 Å². The number of hydrogen-bond donors (Lipinski definition) is 2. The summed E-state index contributed by atoms with van der Waals surface area (Å²) in [5.74, 6) is -2.11. The first-order valence-electron chi connectivity index (χ1n) is 3.47. The molecule has 6 nitrogen and oxygen atoms in total. The van der Waals surface area contributed by atoms with Crippen LogP contribution in [0.3, 0.4) is 0 Å². The first-order valence-corrected chi connectivity index (χ1v) is 5.53. The number of carboxylic acid groups (broad SMARTS) is 1. The second-order valence-corrected chi connectivity index (χ2v) is 4.81. The van der Waals surface area contributed by atoms with E-state index >= 15 is 0 Å². The van der Waals surface area contributed by atoms with E-state index in [-0.39, 0.29) is 12.3 Å². The van der Waals surface area contributed by atoms with E-state index in [4.69, 9.17) is 5.11 Å². The molecule has 7 heteroatoms. The zero-order chi connectivity index (χ0) is 10.5. The summed E-state index contributed by atoms with van der Waals surface area (Å²) in [6, 6.07) is 0. The normalized spacial score (nSPS) is 10.8. The number of sulfone groups is 1. The molecule has 0 saturated heterocycles. The molecule has 76 valence electrons. The third-order valence-corrected chi connectivity index (χ3v) is 2.05. The van der Waals surface area contributed by atoms with Crippen LogP contribution in [0.15, 0.2) is 0 Å². The van der Waals surface area contributed by atoms with Crippen LogP contribution in [-0.2, 0) is 19.4 Å². The molecule has 0 atom stereocenters. The molecule has 0 radical (unpaired) electrons. The third-order valence-electron chi connectivity index (χ3n) is 1.11. The third kappa shape index (κ3) is 8.80. The molecule has 0 aliphatic rings. The Balaban J connectivity index is 3.67. The monoisotopic (exact) mass is 209 g/mol. The van der Waals surface area contributed by atoms with Gasteiger partial charge in [-0.15, -0.1) is 0 Å². The summed E-state index contributed by atoms with van der Waals surface area (Å²) in [6.45, 7) is -0.0506. The summed E-state index contributed by atoms with van der Waals surface area (Å²) < 4.78 is 21.1. The van der Waals surface area contributed by atoms with Gasteiger partial charge < -0.3 is 10.4 Å². The second kappa shape index (κ2) is 4.80. The van der Waals surface area contributed by atoms with Gasteiger partial charge in [0.15, 0.2) is 0 Å². The number of hydrogen-bond acceptors (Lipinski definition) is 4. The SMILES string of the molecule is CS(=O)(=O)CCNC(=O)CC(=O)O. The van der Waals surface area contributed by atoms with Gasteiger partial charge in [0, 0.05) is 12.8 Å². The number of aliphatic carboxylic acids is 1. The van der Waals surface area contributed by atoms with E-state index in [0.29, 0.717) is 0 Å². The minimum absolute atomic E-state index is 0.0506. The number of rotatable bonds is 5. The van der Waals surface area contributed by atoms with E-state index in [1.54, 1.807) is 0 Å².